The summed E-state index contributed by atoms with van der Waals surface area (Å²) in [5, 5.41) is -0.0678. The van der Waals surface area contributed by atoms with Gasteiger partial charge in [0.05, 0.1) is 37.6 Å². The molecule has 1 atom stereocenters. The molecular weight excluding hydrogens is 464 g/mol. The molecule has 0 saturated heterocycles. The Labute approximate surface area is 164 Å². The largest absolute Gasteiger partial charge is 0.224 e. The van der Waals surface area contributed by atoms with Crippen LogP contribution in [-0.4, -0.2) is 72.7 Å². The average molecular weight is 483 g/mol. The van der Waals surface area contributed by atoms with E-state index in [0.29, 0.717) is 25.0 Å². The molecule has 0 radical (unpaired) electrons. The molecule has 0 aromatic heterocycles. The van der Waals surface area contributed by atoms with Crippen molar-refractivity contribution >= 4 is 51.7 Å². The van der Waals surface area contributed by atoms with Gasteiger partial charge in [0.1, 0.15) is 0 Å². The highest BCUT2D eigenvalue weighted by molar-refractivity contribution is 8.04. The van der Waals surface area contributed by atoms with Gasteiger partial charge in [-0.05, 0) is 11.6 Å². The van der Waals surface area contributed by atoms with E-state index < -0.39 is 52.7 Å². The molecule has 0 heterocycles. The fourth-order valence-electron chi connectivity index (χ4n) is 2.39. The molecule has 0 saturated carbocycles. The first-order chi connectivity index (χ1) is 11.9. The van der Waals surface area contributed by atoms with E-state index in [2.05, 4.69) is 0 Å². The number of benzene rings is 1. The minimum Gasteiger partial charge on any atom is -0.212 e. The van der Waals surface area contributed by atoms with E-state index in [-0.39, 0.29) is 18.0 Å². The van der Waals surface area contributed by atoms with E-state index in [0.717, 1.165) is 0 Å². The van der Waals surface area contributed by atoms with Crippen LogP contribution < -0.4 is 0 Å². The Morgan fingerprint density at radius 2 is 1.19 bits per heavy atom. The second-order valence-electron chi connectivity index (χ2n) is 5.77. The van der Waals surface area contributed by atoms with Crippen molar-refractivity contribution in [1.82, 2.24) is 7.42 Å². The maximum Gasteiger partial charge on any atom is 0.224 e. The standard InChI is InChI=1S/C12H19ClN2O8S4/c1-24(16,17)14(25(2,18)19)9-12(10-7-5-6-8-11(10)13)15(26(3,20)21)27(4,22)23/h5-8,12H,9H2,1-4H3/t12-/m1/s1. The van der Waals surface area contributed by atoms with E-state index in [1.165, 1.54) is 24.3 Å². The minimum absolute atomic E-state index is 0.0252. The Kier molecular flexibility index (Phi) is 7.12. The second kappa shape index (κ2) is 7.93. The van der Waals surface area contributed by atoms with Gasteiger partial charge in [0.25, 0.3) is 0 Å². The van der Waals surface area contributed by atoms with Gasteiger partial charge in [-0.15, -0.1) is 0 Å². The summed E-state index contributed by atoms with van der Waals surface area (Å²) in [4.78, 5) is 0. The SMILES string of the molecule is CS(=O)(=O)N(C[C@H](c1ccccc1Cl)N(S(C)(=O)=O)S(C)(=O)=O)S(C)(=O)=O. The van der Waals surface area contributed by atoms with Crippen molar-refractivity contribution < 1.29 is 33.7 Å². The lowest BCUT2D eigenvalue weighted by molar-refractivity contribution is 0.388. The summed E-state index contributed by atoms with van der Waals surface area (Å²) in [6.45, 7) is -1.01. The normalized spacial score (nSPS) is 15.2. The van der Waals surface area contributed by atoms with Crippen LogP contribution in [0.1, 0.15) is 11.6 Å². The monoisotopic (exact) mass is 482 g/mol. The van der Waals surface area contributed by atoms with E-state index in [9.17, 15) is 33.7 Å². The fourth-order valence-corrected chi connectivity index (χ4v) is 8.70. The zero-order valence-corrected chi connectivity index (χ0v) is 18.8. The van der Waals surface area contributed by atoms with Gasteiger partial charge in [-0.1, -0.05) is 37.2 Å². The molecular formula is C12H19ClN2O8S4. The fraction of sp³-hybridized carbons (Fsp3) is 0.500. The summed E-state index contributed by atoms with van der Waals surface area (Å²) in [6, 6.07) is 3.77. The summed E-state index contributed by atoms with van der Waals surface area (Å²) >= 11 is 6.04. The van der Waals surface area contributed by atoms with Crippen LogP contribution in [0.3, 0.4) is 0 Å². The number of nitrogens with zero attached hydrogens (tertiary/aromatic N) is 2. The first kappa shape index (κ1) is 24.3. The summed E-state index contributed by atoms with van der Waals surface area (Å²) in [7, 11) is -17.7. The van der Waals surface area contributed by atoms with Gasteiger partial charge in [-0.2, -0.15) is 0 Å². The molecule has 1 aromatic rings. The van der Waals surface area contributed by atoms with E-state index in [1.54, 1.807) is 0 Å². The molecule has 1 aromatic carbocycles. The molecule has 0 N–H and O–H groups in total. The van der Waals surface area contributed by atoms with Crippen LogP contribution in [0.2, 0.25) is 5.02 Å². The lowest BCUT2D eigenvalue weighted by Gasteiger charge is -2.31. The lowest BCUT2D eigenvalue weighted by Crippen LogP contribution is -2.46. The molecule has 1 rings (SSSR count). The smallest absolute Gasteiger partial charge is 0.212 e. The quantitative estimate of drug-likeness (QED) is 0.496. The molecule has 0 aliphatic carbocycles. The molecule has 0 spiro atoms. The Bertz CT molecular complexity index is 1060. The van der Waals surface area contributed by atoms with Crippen LogP contribution in [0.25, 0.3) is 0 Å². The third-order valence-corrected chi connectivity index (χ3v) is 10.4. The molecule has 0 aliphatic rings. The van der Waals surface area contributed by atoms with Crippen molar-refractivity contribution in [2.45, 2.75) is 6.04 Å². The molecule has 0 bridgehead atoms. The van der Waals surface area contributed by atoms with Gasteiger partial charge < -0.3 is 0 Å². The highest BCUT2D eigenvalue weighted by atomic mass is 35.5. The van der Waals surface area contributed by atoms with E-state index >= 15 is 0 Å². The van der Waals surface area contributed by atoms with Gasteiger partial charge >= 0.3 is 0 Å². The van der Waals surface area contributed by atoms with Crippen LogP contribution in [0.4, 0.5) is 0 Å². The van der Waals surface area contributed by atoms with Crippen LogP contribution in [-0.2, 0) is 40.1 Å². The third kappa shape index (κ3) is 6.37. The van der Waals surface area contributed by atoms with Crippen LogP contribution in [0.15, 0.2) is 24.3 Å². The maximum atomic E-state index is 12.2. The third-order valence-electron chi connectivity index (χ3n) is 3.23. The number of hydrogen-bond acceptors (Lipinski definition) is 8. The van der Waals surface area contributed by atoms with Crippen LogP contribution in [0.5, 0.6) is 0 Å². The lowest BCUT2D eigenvalue weighted by atomic mass is 10.1. The number of sulfonamides is 4. The molecule has 0 fully saturated rings. The topological polar surface area (TPSA) is 143 Å². The minimum atomic E-state index is -4.45. The summed E-state index contributed by atoms with van der Waals surface area (Å²) in [5.41, 5.74) is -0.0766. The zero-order chi connectivity index (χ0) is 21.4. The first-order valence-corrected chi connectivity index (χ1v) is 14.8. The van der Waals surface area contributed by atoms with Gasteiger partial charge in [-0.3, -0.25) is 0 Å². The van der Waals surface area contributed by atoms with Crippen molar-refractivity contribution in [3.63, 3.8) is 0 Å². The molecule has 0 amide bonds. The highest BCUT2D eigenvalue weighted by Gasteiger charge is 2.41. The van der Waals surface area contributed by atoms with E-state index in [4.69, 9.17) is 11.6 Å². The van der Waals surface area contributed by atoms with Gasteiger partial charge in [0.15, 0.2) is 0 Å². The van der Waals surface area contributed by atoms with E-state index in [1.807, 2.05) is 0 Å². The Morgan fingerprint density at radius 3 is 1.52 bits per heavy atom. The second-order valence-corrected chi connectivity index (χ2v) is 14.2. The van der Waals surface area contributed by atoms with Gasteiger partial charge in [-0.25, -0.2) is 33.7 Å². The summed E-state index contributed by atoms with van der Waals surface area (Å²) < 4.78 is 96.5. The first-order valence-electron chi connectivity index (χ1n) is 6.98. The molecule has 156 valence electrons. The van der Waals surface area contributed by atoms with Crippen molar-refractivity contribution in [3.8, 4) is 0 Å². The Morgan fingerprint density at radius 1 is 0.778 bits per heavy atom. The predicted octanol–water partition coefficient (Wildman–Crippen LogP) is -0.176. The molecule has 10 nitrogen and oxygen atoms in total. The van der Waals surface area contributed by atoms with Crippen molar-refractivity contribution in [2.75, 3.05) is 31.6 Å². The number of hydrogen-bond donors (Lipinski definition) is 0. The summed E-state index contributed by atoms with van der Waals surface area (Å²) in [6.07, 6.45) is 2.40. The molecule has 15 heteroatoms. The Balaban J connectivity index is 3.84. The van der Waals surface area contributed by atoms with Crippen molar-refractivity contribution in [2.24, 2.45) is 0 Å². The number of rotatable bonds is 8. The van der Waals surface area contributed by atoms with Gasteiger partial charge in [0, 0.05) is 5.02 Å². The predicted molar refractivity (Wildman–Crippen MR) is 102 cm³/mol. The van der Waals surface area contributed by atoms with Crippen LogP contribution >= 0.6 is 11.6 Å². The Hall–Kier alpha value is -0.770. The summed E-state index contributed by atoms with van der Waals surface area (Å²) in [5.74, 6) is 0. The van der Waals surface area contributed by atoms with Crippen LogP contribution in [0, 0.1) is 0 Å². The highest BCUT2D eigenvalue weighted by Crippen LogP contribution is 2.33. The van der Waals surface area contributed by atoms with Gasteiger partial charge in [0.2, 0.25) is 40.1 Å². The zero-order valence-electron chi connectivity index (χ0n) is 14.8. The molecule has 0 unspecified atom stereocenters. The van der Waals surface area contributed by atoms with Crippen molar-refractivity contribution in [1.29, 1.82) is 0 Å². The van der Waals surface area contributed by atoms with Crippen molar-refractivity contribution in [3.05, 3.63) is 34.9 Å². The number of halogens is 1. The molecule has 27 heavy (non-hydrogen) atoms. The average Bonchev–Trinajstić information content (AvgIpc) is 2.38. The maximum absolute atomic E-state index is 12.2. The molecule has 0 aliphatic heterocycles.